The first kappa shape index (κ1) is 14.8. The monoisotopic (exact) mass is 279 g/mol. The van der Waals surface area contributed by atoms with Crippen LogP contribution in [-0.4, -0.2) is 54.1 Å². The Balaban J connectivity index is 1.68. The molecule has 3 fully saturated rings. The Hall–Kier alpha value is -0.120. The molecule has 3 heteroatoms. The van der Waals surface area contributed by atoms with Gasteiger partial charge in [-0.05, 0) is 51.0 Å². The second-order valence-electron chi connectivity index (χ2n) is 7.55. The summed E-state index contributed by atoms with van der Waals surface area (Å²) in [5.41, 5.74) is 6.64. The SMILES string of the molecule is CCN1CCN(C2(CN)CCCC(C3CC3)C2)CC1C. The topological polar surface area (TPSA) is 32.5 Å². The molecule has 20 heavy (non-hydrogen) atoms. The minimum Gasteiger partial charge on any atom is -0.329 e. The highest BCUT2D eigenvalue weighted by molar-refractivity contribution is 5.01. The second-order valence-corrected chi connectivity index (χ2v) is 7.55. The molecule has 1 saturated heterocycles. The molecule has 3 unspecified atom stereocenters. The van der Waals surface area contributed by atoms with Crippen LogP contribution in [0.2, 0.25) is 0 Å². The number of piperazine rings is 1. The van der Waals surface area contributed by atoms with Gasteiger partial charge in [0.25, 0.3) is 0 Å². The van der Waals surface area contributed by atoms with E-state index in [0.29, 0.717) is 11.6 Å². The van der Waals surface area contributed by atoms with Crippen LogP contribution < -0.4 is 5.73 Å². The van der Waals surface area contributed by atoms with E-state index in [1.807, 2.05) is 0 Å². The molecule has 3 rings (SSSR count). The number of nitrogens with two attached hydrogens (primary N) is 1. The van der Waals surface area contributed by atoms with Gasteiger partial charge >= 0.3 is 0 Å². The first-order valence-corrected chi connectivity index (χ1v) is 8.87. The first-order chi connectivity index (χ1) is 9.68. The number of nitrogens with zero attached hydrogens (tertiary/aromatic N) is 2. The van der Waals surface area contributed by atoms with Crippen molar-refractivity contribution in [2.75, 3.05) is 32.7 Å². The molecule has 0 radical (unpaired) electrons. The maximum Gasteiger partial charge on any atom is 0.0335 e. The van der Waals surface area contributed by atoms with Gasteiger partial charge in [-0.3, -0.25) is 9.80 Å². The highest BCUT2D eigenvalue weighted by Gasteiger charge is 2.45. The van der Waals surface area contributed by atoms with Crippen LogP contribution in [0.25, 0.3) is 0 Å². The van der Waals surface area contributed by atoms with Crippen LogP contribution in [0.1, 0.15) is 52.4 Å². The molecule has 1 aliphatic heterocycles. The summed E-state index contributed by atoms with van der Waals surface area (Å²) in [7, 11) is 0. The standard InChI is InChI=1S/C17H33N3/c1-3-19-9-10-20(12-14(19)2)17(13-18)8-4-5-16(11-17)15-6-7-15/h14-16H,3-13,18H2,1-2H3. The molecule has 2 N–H and O–H groups in total. The molecule has 0 aromatic rings. The Morgan fingerprint density at radius 2 is 1.95 bits per heavy atom. The first-order valence-electron chi connectivity index (χ1n) is 8.87. The van der Waals surface area contributed by atoms with Gasteiger partial charge in [-0.25, -0.2) is 0 Å². The van der Waals surface area contributed by atoms with Gasteiger partial charge in [-0.1, -0.05) is 19.8 Å². The lowest BCUT2D eigenvalue weighted by Gasteiger charge is -2.53. The van der Waals surface area contributed by atoms with Gasteiger partial charge in [0.15, 0.2) is 0 Å². The maximum absolute atomic E-state index is 6.31. The van der Waals surface area contributed by atoms with E-state index in [1.165, 1.54) is 64.7 Å². The molecule has 0 amide bonds. The third-order valence-corrected chi connectivity index (χ3v) is 6.37. The van der Waals surface area contributed by atoms with Crippen LogP contribution in [-0.2, 0) is 0 Å². The zero-order valence-electron chi connectivity index (χ0n) is 13.5. The summed E-state index contributed by atoms with van der Waals surface area (Å²) in [5, 5.41) is 0. The summed E-state index contributed by atoms with van der Waals surface area (Å²) in [6.07, 6.45) is 8.58. The normalized spacial score (nSPS) is 41.0. The van der Waals surface area contributed by atoms with Crippen LogP contribution >= 0.6 is 0 Å². The van der Waals surface area contributed by atoms with Gasteiger partial charge in [-0.15, -0.1) is 0 Å². The Morgan fingerprint density at radius 1 is 1.15 bits per heavy atom. The van der Waals surface area contributed by atoms with Crippen molar-refractivity contribution in [1.29, 1.82) is 0 Å². The molecule has 0 spiro atoms. The Morgan fingerprint density at radius 3 is 2.55 bits per heavy atom. The number of hydrogen-bond acceptors (Lipinski definition) is 3. The summed E-state index contributed by atoms with van der Waals surface area (Å²) in [4.78, 5) is 5.39. The summed E-state index contributed by atoms with van der Waals surface area (Å²) in [6, 6.07) is 0.693. The van der Waals surface area contributed by atoms with Gasteiger partial charge in [0.2, 0.25) is 0 Å². The van der Waals surface area contributed by atoms with E-state index < -0.39 is 0 Å². The molecule has 2 aliphatic carbocycles. The van der Waals surface area contributed by atoms with Gasteiger partial charge < -0.3 is 5.73 Å². The quantitative estimate of drug-likeness (QED) is 0.857. The van der Waals surface area contributed by atoms with Gasteiger partial charge in [0, 0.05) is 37.8 Å². The lowest BCUT2D eigenvalue weighted by molar-refractivity contribution is -0.0226. The van der Waals surface area contributed by atoms with E-state index in [-0.39, 0.29) is 0 Å². The zero-order chi connectivity index (χ0) is 14.2. The van der Waals surface area contributed by atoms with E-state index in [9.17, 15) is 0 Å². The molecule has 3 nitrogen and oxygen atoms in total. The fourth-order valence-corrected chi connectivity index (χ4v) is 4.85. The van der Waals surface area contributed by atoms with Crippen molar-refractivity contribution in [1.82, 2.24) is 9.80 Å². The van der Waals surface area contributed by atoms with Crippen LogP contribution in [0.3, 0.4) is 0 Å². The van der Waals surface area contributed by atoms with E-state index in [4.69, 9.17) is 5.73 Å². The lowest BCUT2D eigenvalue weighted by Crippen LogP contribution is -2.63. The van der Waals surface area contributed by atoms with Crippen LogP contribution in [0.4, 0.5) is 0 Å². The van der Waals surface area contributed by atoms with E-state index in [1.54, 1.807) is 0 Å². The second kappa shape index (κ2) is 5.94. The minimum absolute atomic E-state index is 0.333. The zero-order valence-corrected chi connectivity index (χ0v) is 13.5. The lowest BCUT2D eigenvalue weighted by atomic mass is 9.72. The van der Waals surface area contributed by atoms with Crippen molar-refractivity contribution >= 4 is 0 Å². The van der Waals surface area contributed by atoms with Crippen molar-refractivity contribution < 1.29 is 0 Å². The average molecular weight is 279 g/mol. The van der Waals surface area contributed by atoms with E-state index in [2.05, 4.69) is 23.6 Å². The molecular formula is C17H33N3. The highest BCUT2D eigenvalue weighted by atomic mass is 15.3. The van der Waals surface area contributed by atoms with Crippen molar-refractivity contribution in [3.05, 3.63) is 0 Å². The Kier molecular flexibility index (Phi) is 4.40. The predicted octanol–water partition coefficient (Wildman–Crippen LogP) is 2.31. The molecule has 0 aromatic carbocycles. The Labute approximate surface area is 124 Å². The smallest absolute Gasteiger partial charge is 0.0335 e. The maximum atomic E-state index is 6.31. The molecule has 1 heterocycles. The van der Waals surface area contributed by atoms with Gasteiger partial charge in [0.1, 0.15) is 0 Å². The predicted molar refractivity (Wildman–Crippen MR) is 84.7 cm³/mol. The molecule has 3 atom stereocenters. The fraction of sp³-hybridized carbons (Fsp3) is 1.00. The van der Waals surface area contributed by atoms with Crippen LogP contribution in [0.15, 0.2) is 0 Å². The van der Waals surface area contributed by atoms with E-state index >= 15 is 0 Å². The summed E-state index contributed by atoms with van der Waals surface area (Å²) < 4.78 is 0. The Bertz CT molecular complexity index is 328. The number of likely N-dealkylation sites (N-methyl/N-ethyl adjacent to an activating group) is 1. The molecular weight excluding hydrogens is 246 g/mol. The third kappa shape index (κ3) is 2.77. The van der Waals surface area contributed by atoms with E-state index in [0.717, 1.165) is 18.4 Å². The van der Waals surface area contributed by atoms with Crippen molar-refractivity contribution in [2.24, 2.45) is 17.6 Å². The number of rotatable bonds is 4. The molecule has 0 aromatic heterocycles. The number of hydrogen-bond donors (Lipinski definition) is 1. The fourth-order valence-electron chi connectivity index (χ4n) is 4.85. The van der Waals surface area contributed by atoms with Gasteiger partial charge in [0.05, 0.1) is 0 Å². The molecule has 2 saturated carbocycles. The van der Waals surface area contributed by atoms with Crippen LogP contribution in [0.5, 0.6) is 0 Å². The third-order valence-electron chi connectivity index (χ3n) is 6.37. The minimum atomic E-state index is 0.333. The largest absolute Gasteiger partial charge is 0.329 e. The van der Waals surface area contributed by atoms with Crippen LogP contribution in [0, 0.1) is 11.8 Å². The van der Waals surface area contributed by atoms with Crippen molar-refractivity contribution in [3.8, 4) is 0 Å². The highest BCUT2D eigenvalue weighted by Crippen LogP contribution is 2.48. The van der Waals surface area contributed by atoms with Gasteiger partial charge in [-0.2, -0.15) is 0 Å². The molecule has 0 bridgehead atoms. The summed E-state index contributed by atoms with van der Waals surface area (Å²) >= 11 is 0. The van der Waals surface area contributed by atoms with Crippen molar-refractivity contribution in [2.45, 2.75) is 64.0 Å². The summed E-state index contributed by atoms with van der Waals surface area (Å²) in [5.74, 6) is 2.03. The summed E-state index contributed by atoms with van der Waals surface area (Å²) in [6.45, 7) is 10.4. The van der Waals surface area contributed by atoms with Crippen molar-refractivity contribution in [3.63, 3.8) is 0 Å². The molecule has 116 valence electrons. The molecule has 3 aliphatic rings. The average Bonchev–Trinajstić information content (AvgIpc) is 3.32.